The summed E-state index contributed by atoms with van der Waals surface area (Å²) in [6.07, 6.45) is 7.52. The second-order valence-electron chi connectivity index (χ2n) is 5.05. The van der Waals surface area contributed by atoms with Crippen LogP contribution in [-0.4, -0.2) is 35.7 Å². The molecule has 0 radical (unpaired) electrons. The van der Waals surface area contributed by atoms with Crippen molar-refractivity contribution in [3.05, 3.63) is 0 Å². The molecule has 0 amide bonds. The number of hydrogen-bond acceptors (Lipinski definition) is 2. The van der Waals surface area contributed by atoms with Gasteiger partial charge in [0, 0.05) is 19.2 Å². The van der Waals surface area contributed by atoms with E-state index in [1.165, 1.54) is 45.2 Å². The second kappa shape index (κ2) is 7.24. The Balaban J connectivity index is 2.26. The summed E-state index contributed by atoms with van der Waals surface area (Å²) in [5.41, 5.74) is 0. The van der Waals surface area contributed by atoms with Crippen molar-refractivity contribution in [3.8, 4) is 0 Å². The largest absolute Gasteiger partial charge is 0.396 e. The lowest BCUT2D eigenvalue weighted by Crippen LogP contribution is -2.33. The summed E-state index contributed by atoms with van der Waals surface area (Å²) in [7, 11) is 0. The lowest BCUT2D eigenvalue weighted by molar-refractivity contribution is 0.191. The molecule has 0 aromatic rings. The first-order valence-electron chi connectivity index (χ1n) is 6.62. The van der Waals surface area contributed by atoms with Crippen LogP contribution in [0.1, 0.15) is 52.4 Å². The zero-order valence-corrected chi connectivity index (χ0v) is 10.4. The van der Waals surface area contributed by atoms with E-state index >= 15 is 0 Å². The Bertz CT molecular complexity index is 161. The maximum Gasteiger partial charge on any atom is 0.0431 e. The van der Waals surface area contributed by atoms with Crippen molar-refractivity contribution in [2.75, 3.05) is 19.7 Å². The number of nitrogens with zero attached hydrogens (tertiary/aromatic N) is 1. The van der Waals surface area contributed by atoms with Gasteiger partial charge in [-0.2, -0.15) is 0 Å². The van der Waals surface area contributed by atoms with Crippen LogP contribution < -0.4 is 0 Å². The van der Waals surface area contributed by atoms with Crippen LogP contribution in [0.2, 0.25) is 0 Å². The van der Waals surface area contributed by atoms with Crippen LogP contribution in [0.5, 0.6) is 0 Å². The fourth-order valence-electron chi connectivity index (χ4n) is 2.77. The van der Waals surface area contributed by atoms with Crippen LogP contribution in [0.15, 0.2) is 0 Å². The minimum Gasteiger partial charge on any atom is -0.396 e. The Morgan fingerprint density at radius 2 is 2.27 bits per heavy atom. The van der Waals surface area contributed by atoms with E-state index in [1.807, 2.05) is 0 Å². The molecule has 1 aliphatic heterocycles. The predicted molar refractivity (Wildman–Crippen MR) is 65.0 cm³/mol. The predicted octanol–water partition coefficient (Wildman–Crippen LogP) is 2.66. The van der Waals surface area contributed by atoms with E-state index < -0.39 is 0 Å². The van der Waals surface area contributed by atoms with E-state index in [9.17, 15) is 0 Å². The molecule has 15 heavy (non-hydrogen) atoms. The Morgan fingerprint density at radius 1 is 1.47 bits per heavy atom. The third-order valence-electron chi connectivity index (χ3n) is 3.52. The molecule has 0 spiro atoms. The summed E-state index contributed by atoms with van der Waals surface area (Å²) in [5, 5.41) is 8.86. The maximum atomic E-state index is 8.86. The SMILES string of the molecule is CCCC(C)CN1CCCC1CCCO. The molecule has 90 valence electrons. The molecule has 0 saturated carbocycles. The molecule has 2 unspecified atom stereocenters. The molecule has 2 atom stereocenters. The molecule has 2 nitrogen and oxygen atoms in total. The van der Waals surface area contributed by atoms with Gasteiger partial charge in [-0.25, -0.2) is 0 Å². The smallest absolute Gasteiger partial charge is 0.0431 e. The summed E-state index contributed by atoms with van der Waals surface area (Å²) in [6.45, 7) is 7.54. The molecule has 1 aliphatic rings. The summed E-state index contributed by atoms with van der Waals surface area (Å²) in [5.74, 6) is 0.838. The molecule has 1 N–H and O–H groups in total. The minimum atomic E-state index is 0.356. The monoisotopic (exact) mass is 213 g/mol. The fourth-order valence-corrected chi connectivity index (χ4v) is 2.77. The van der Waals surface area contributed by atoms with Gasteiger partial charge in [0.15, 0.2) is 0 Å². The van der Waals surface area contributed by atoms with Crippen molar-refractivity contribution >= 4 is 0 Å². The molecule has 0 aliphatic carbocycles. The third-order valence-corrected chi connectivity index (χ3v) is 3.52. The summed E-state index contributed by atoms with van der Waals surface area (Å²) >= 11 is 0. The topological polar surface area (TPSA) is 23.5 Å². The van der Waals surface area contributed by atoms with Crippen molar-refractivity contribution in [1.29, 1.82) is 0 Å². The Kier molecular flexibility index (Phi) is 6.26. The van der Waals surface area contributed by atoms with Gasteiger partial charge in [-0.3, -0.25) is 0 Å². The Morgan fingerprint density at radius 3 is 2.93 bits per heavy atom. The second-order valence-corrected chi connectivity index (χ2v) is 5.05. The number of aliphatic hydroxyl groups excluding tert-OH is 1. The summed E-state index contributed by atoms with van der Waals surface area (Å²) < 4.78 is 0. The van der Waals surface area contributed by atoms with Gasteiger partial charge in [0.1, 0.15) is 0 Å². The van der Waals surface area contributed by atoms with Gasteiger partial charge in [-0.1, -0.05) is 20.3 Å². The van der Waals surface area contributed by atoms with Crippen LogP contribution in [0.4, 0.5) is 0 Å². The fraction of sp³-hybridized carbons (Fsp3) is 1.00. The van der Waals surface area contributed by atoms with Gasteiger partial charge in [-0.15, -0.1) is 0 Å². The van der Waals surface area contributed by atoms with Crippen molar-refractivity contribution in [3.63, 3.8) is 0 Å². The van der Waals surface area contributed by atoms with Crippen LogP contribution in [-0.2, 0) is 0 Å². The van der Waals surface area contributed by atoms with Crippen molar-refractivity contribution in [2.24, 2.45) is 5.92 Å². The number of hydrogen-bond donors (Lipinski definition) is 1. The molecule has 2 heteroatoms. The number of aliphatic hydroxyl groups is 1. The molecule has 0 bridgehead atoms. The normalized spacial score (nSPS) is 24.6. The molecular formula is C13H27NO. The summed E-state index contributed by atoms with van der Waals surface area (Å²) in [6, 6.07) is 0.761. The Hall–Kier alpha value is -0.0800. The first-order chi connectivity index (χ1) is 7.27. The van der Waals surface area contributed by atoms with Gasteiger partial charge in [0.2, 0.25) is 0 Å². The van der Waals surface area contributed by atoms with E-state index in [0.717, 1.165) is 18.4 Å². The molecule has 1 saturated heterocycles. The van der Waals surface area contributed by atoms with Crippen LogP contribution in [0.3, 0.4) is 0 Å². The lowest BCUT2D eigenvalue weighted by atomic mass is 10.0. The van der Waals surface area contributed by atoms with Crippen molar-refractivity contribution < 1.29 is 5.11 Å². The average molecular weight is 213 g/mol. The van der Waals surface area contributed by atoms with E-state index in [4.69, 9.17) is 5.11 Å². The quantitative estimate of drug-likeness (QED) is 0.703. The number of rotatable bonds is 7. The first-order valence-corrected chi connectivity index (χ1v) is 6.62. The molecule has 0 aromatic carbocycles. The third kappa shape index (κ3) is 4.52. The lowest BCUT2D eigenvalue weighted by Gasteiger charge is -2.27. The highest BCUT2D eigenvalue weighted by Crippen LogP contribution is 2.23. The van der Waals surface area contributed by atoms with E-state index in [0.29, 0.717) is 6.61 Å². The molecule has 0 aromatic heterocycles. The molecule has 1 fully saturated rings. The summed E-state index contributed by atoms with van der Waals surface area (Å²) in [4.78, 5) is 2.65. The highest BCUT2D eigenvalue weighted by atomic mass is 16.2. The Labute approximate surface area is 94.7 Å². The van der Waals surface area contributed by atoms with Crippen molar-refractivity contribution in [2.45, 2.75) is 58.4 Å². The number of likely N-dealkylation sites (tertiary alicyclic amines) is 1. The zero-order chi connectivity index (χ0) is 11.1. The molecule has 1 rings (SSSR count). The van der Waals surface area contributed by atoms with Crippen LogP contribution in [0, 0.1) is 5.92 Å². The van der Waals surface area contributed by atoms with E-state index in [-0.39, 0.29) is 0 Å². The van der Waals surface area contributed by atoms with Gasteiger partial charge in [0.05, 0.1) is 0 Å². The van der Waals surface area contributed by atoms with Crippen LogP contribution in [0.25, 0.3) is 0 Å². The molecule has 1 heterocycles. The van der Waals surface area contributed by atoms with E-state index in [1.54, 1.807) is 0 Å². The maximum absolute atomic E-state index is 8.86. The standard InChI is InChI=1S/C13H27NO/c1-3-6-12(2)11-14-9-4-7-13(14)8-5-10-15/h12-13,15H,3-11H2,1-2H3. The van der Waals surface area contributed by atoms with Crippen molar-refractivity contribution in [1.82, 2.24) is 4.90 Å². The molecular weight excluding hydrogens is 186 g/mol. The van der Waals surface area contributed by atoms with Gasteiger partial charge in [-0.05, 0) is 44.6 Å². The van der Waals surface area contributed by atoms with Gasteiger partial charge in [0.25, 0.3) is 0 Å². The highest BCUT2D eigenvalue weighted by molar-refractivity contribution is 4.80. The minimum absolute atomic E-state index is 0.356. The van der Waals surface area contributed by atoms with Crippen LogP contribution >= 0.6 is 0 Å². The first kappa shape index (κ1) is 13.0. The van der Waals surface area contributed by atoms with Gasteiger partial charge >= 0.3 is 0 Å². The zero-order valence-electron chi connectivity index (χ0n) is 10.4. The van der Waals surface area contributed by atoms with Gasteiger partial charge < -0.3 is 10.0 Å². The average Bonchev–Trinajstić information content (AvgIpc) is 2.63. The van der Waals surface area contributed by atoms with E-state index in [2.05, 4.69) is 18.7 Å². The highest BCUT2D eigenvalue weighted by Gasteiger charge is 2.24.